The molecule has 0 saturated heterocycles. The van der Waals surface area contributed by atoms with Crippen molar-refractivity contribution in [3.63, 3.8) is 0 Å². The Labute approximate surface area is 111 Å². The van der Waals surface area contributed by atoms with Crippen molar-refractivity contribution in [3.8, 4) is 0 Å². The summed E-state index contributed by atoms with van der Waals surface area (Å²) in [6, 6.07) is 5.23. The van der Waals surface area contributed by atoms with Crippen LogP contribution >= 0.6 is 0 Å². The zero-order valence-electron chi connectivity index (χ0n) is 10.6. The minimum atomic E-state index is -0.423. The number of rotatable bonds is 2. The zero-order valence-corrected chi connectivity index (χ0v) is 10.6. The first kappa shape index (κ1) is 12.2. The number of nitrogens with zero attached hydrogens (tertiary/aromatic N) is 1. The van der Waals surface area contributed by atoms with Crippen LogP contribution in [0.25, 0.3) is 11.0 Å². The average Bonchev–Trinajstić information content (AvgIpc) is 2.88. The molecule has 1 aliphatic carbocycles. The van der Waals surface area contributed by atoms with Crippen LogP contribution in [0, 0.1) is 0 Å². The molecule has 5 heteroatoms. The lowest BCUT2D eigenvalue weighted by Gasteiger charge is -2.28. The largest absolute Gasteiger partial charge is 0.391 e. The molecule has 1 fully saturated rings. The van der Waals surface area contributed by atoms with Crippen LogP contribution in [0.2, 0.25) is 0 Å². The predicted molar refractivity (Wildman–Crippen MR) is 71.8 cm³/mol. The van der Waals surface area contributed by atoms with Crippen LogP contribution in [-0.4, -0.2) is 33.1 Å². The second kappa shape index (κ2) is 5.01. The second-order valence-electron chi connectivity index (χ2n) is 5.07. The summed E-state index contributed by atoms with van der Waals surface area (Å²) in [7, 11) is 0. The van der Waals surface area contributed by atoms with Gasteiger partial charge in [-0.15, -0.1) is 0 Å². The van der Waals surface area contributed by atoms with E-state index in [2.05, 4.69) is 15.3 Å². The number of aromatic amines is 1. The Balaban J connectivity index is 1.75. The van der Waals surface area contributed by atoms with Crippen LogP contribution in [0.3, 0.4) is 0 Å². The van der Waals surface area contributed by atoms with Gasteiger partial charge in [0, 0.05) is 5.56 Å². The Kier molecular flexibility index (Phi) is 3.21. The van der Waals surface area contributed by atoms with Gasteiger partial charge in [-0.3, -0.25) is 4.79 Å². The molecule has 0 unspecified atom stereocenters. The van der Waals surface area contributed by atoms with Gasteiger partial charge in [-0.2, -0.15) is 0 Å². The maximum atomic E-state index is 12.2. The highest BCUT2D eigenvalue weighted by atomic mass is 16.3. The minimum Gasteiger partial charge on any atom is -0.391 e. The van der Waals surface area contributed by atoms with E-state index in [1.54, 1.807) is 18.5 Å². The fourth-order valence-electron chi connectivity index (χ4n) is 2.61. The Morgan fingerprint density at radius 1 is 1.37 bits per heavy atom. The Morgan fingerprint density at radius 3 is 3.05 bits per heavy atom. The van der Waals surface area contributed by atoms with Crippen LogP contribution in [0.5, 0.6) is 0 Å². The Morgan fingerprint density at radius 2 is 2.21 bits per heavy atom. The summed E-state index contributed by atoms with van der Waals surface area (Å²) in [5.41, 5.74) is 2.28. The first-order valence-electron chi connectivity index (χ1n) is 6.66. The van der Waals surface area contributed by atoms with Crippen molar-refractivity contribution in [1.82, 2.24) is 15.3 Å². The van der Waals surface area contributed by atoms with E-state index in [0.29, 0.717) is 5.56 Å². The van der Waals surface area contributed by atoms with Crippen molar-refractivity contribution in [1.29, 1.82) is 0 Å². The number of nitrogens with one attached hydrogen (secondary N) is 2. The van der Waals surface area contributed by atoms with E-state index in [4.69, 9.17) is 0 Å². The van der Waals surface area contributed by atoms with Crippen molar-refractivity contribution in [2.24, 2.45) is 0 Å². The molecule has 19 heavy (non-hydrogen) atoms. The summed E-state index contributed by atoms with van der Waals surface area (Å²) in [5, 5.41) is 12.8. The number of hydrogen-bond acceptors (Lipinski definition) is 3. The highest BCUT2D eigenvalue weighted by molar-refractivity contribution is 5.97. The van der Waals surface area contributed by atoms with Gasteiger partial charge < -0.3 is 15.4 Å². The van der Waals surface area contributed by atoms with Crippen LogP contribution in [0.4, 0.5) is 0 Å². The lowest BCUT2D eigenvalue weighted by molar-refractivity contribution is 0.0717. The van der Waals surface area contributed by atoms with E-state index < -0.39 is 6.10 Å². The van der Waals surface area contributed by atoms with Gasteiger partial charge in [0.05, 0.1) is 29.5 Å². The molecular formula is C14H17N3O2. The molecule has 0 spiro atoms. The van der Waals surface area contributed by atoms with Gasteiger partial charge in [-0.05, 0) is 31.0 Å². The van der Waals surface area contributed by atoms with Gasteiger partial charge in [0.25, 0.3) is 5.91 Å². The van der Waals surface area contributed by atoms with E-state index in [9.17, 15) is 9.90 Å². The third-order valence-corrected chi connectivity index (χ3v) is 3.73. The van der Waals surface area contributed by atoms with Crippen molar-refractivity contribution < 1.29 is 9.90 Å². The van der Waals surface area contributed by atoms with E-state index in [1.165, 1.54) is 0 Å². The molecule has 2 aromatic rings. The number of benzene rings is 1. The number of aliphatic hydroxyl groups is 1. The van der Waals surface area contributed by atoms with Crippen LogP contribution in [0.15, 0.2) is 24.5 Å². The molecule has 1 aromatic heterocycles. The smallest absolute Gasteiger partial charge is 0.251 e. The molecule has 1 aliphatic rings. The normalized spacial score (nSPS) is 23.4. The highest BCUT2D eigenvalue weighted by Crippen LogP contribution is 2.19. The summed E-state index contributed by atoms with van der Waals surface area (Å²) in [6.45, 7) is 0. The highest BCUT2D eigenvalue weighted by Gasteiger charge is 2.24. The number of carbonyl (C=O) groups excluding carboxylic acids is 1. The number of fused-ring (bicyclic) bond motifs is 1. The molecule has 2 atom stereocenters. The van der Waals surface area contributed by atoms with Gasteiger partial charge in [-0.25, -0.2) is 4.98 Å². The molecule has 0 bridgehead atoms. The third-order valence-electron chi connectivity index (χ3n) is 3.73. The molecule has 0 aliphatic heterocycles. The Hall–Kier alpha value is -1.88. The van der Waals surface area contributed by atoms with Gasteiger partial charge in [0.15, 0.2) is 0 Å². The molecule has 1 heterocycles. The summed E-state index contributed by atoms with van der Waals surface area (Å²) in [4.78, 5) is 19.3. The molecule has 3 rings (SSSR count). The standard InChI is InChI=1S/C14H17N3O2/c18-13-4-2-1-3-11(13)17-14(19)9-5-6-10-12(7-9)16-8-15-10/h5-8,11,13,18H,1-4H2,(H,15,16)(H,17,19)/t11-,13-/m0/s1. The lowest BCUT2D eigenvalue weighted by Crippen LogP contribution is -2.45. The number of hydrogen-bond donors (Lipinski definition) is 3. The third kappa shape index (κ3) is 2.46. The molecule has 1 amide bonds. The van der Waals surface area contributed by atoms with Crippen molar-refractivity contribution in [2.75, 3.05) is 0 Å². The summed E-state index contributed by atoms with van der Waals surface area (Å²) in [6.07, 6.45) is 4.89. The predicted octanol–water partition coefficient (Wildman–Crippen LogP) is 1.60. The van der Waals surface area contributed by atoms with Gasteiger partial charge in [0.2, 0.25) is 0 Å². The monoisotopic (exact) mass is 259 g/mol. The molecule has 0 radical (unpaired) electrons. The number of imidazole rings is 1. The second-order valence-corrected chi connectivity index (χ2v) is 5.07. The number of amides is 1. The number of aliphatic hydroxyl groups excluding tert-OH is 1. The van der Waals surface area contributed by atoms with E-state index in [1.807, 2.05) is 6.07 Å². The molecular weight excluding hydrogens is 242 g/mol. The van der Waals surface area contributed by atoms with E-state index in [0.717, 1.165) is 36.7 Å². The fourth-order valence-corrected chi connectivity index (χ4v) is 2.61. The average molecular weight is 259 g/mol. The van der Waals surface area contributed by atoms with Crippen LogP contribution in [-0.2, 0) is 0 Å². The number of carbonyl (C=O) groups is 1. The lowest BCUT2D eigenvalue weighted by atomic mass is 9.92. The van der Waals surface area contributed by atoms with E-state index >= 15 is 0 Å². The maximum absolute atomic E-state index is 12.2. The maximum Gasteiger partial charge on any atom is 0.251 e. The van der Waals surface area contributed by atoms with E-state index in [-0.39, 0.29) is 11.9 Å². The summed E-state index contributed by atoms with van der Waals surface area (Å²) >= 11 is 0. The molecule has 5 nitrogen and oxygen atoms in total. The number of aromatic nitrogens is 2. The van der Waals surface area contributed by atoms with Crippen LogP contribution in [0.1, 0.15) is 36.0 Å². The van der Waals surface area contributed by atoms with Crippen molar-refractivity contribution in [3.05, 3.63) is 30.1 Å². The molecule has 1 saturated carbocycles. The van der Waals surface area contributed by atoms with Gasteiger partial charge in [-0.1, -0.05) is 12.8 Å². The molecule has 1 aromatic carbocycles. The quantitative estimate of drug-likeness (QED) is 0.766. The Bertz CT molecular complexity index is 593. The SMILES string of the molecule is O=C(N[C@H]1CCCC[C@@H]1O)c1ccc2nc[nH]c2c1. The minimum absolute atomic E-state index is 0.126. The molecule has 100 valence electrons. The van der Waals surface area contributed by atoms with Gasteiger partial charge in [0.1, 0.15) is 0 Å². The van der Waals surface area contributed by atoms with Crippen molar-refractivity contribution >= 4 is 16.9 Å². The topological polar surface area (TPSA) is 78.0 Å². The number of H-pyrrole nitrogens is 1. The summed E-state index contributed by atoms with van der Waals surface area (Å²) < 4.78 is 0. The summed E-state index contributed by atoms with van der Waals surface area (Å²) in [5.74, 6) is -0.137. The first-order chi connectivity index (χ1) is 9.24. The zero-order chi connectivity index (χ0) is 13.2. The van der Waals surface area contributed by atoms with Crippen molar-refractivity contribution in [2.45, 2.75) is 37.8 Å². The fraction of sp³-hybridized carbons (Fsp3) is 0.429. The van der Waals surface area contributed by atoms with Crippen LogP contribution < -0.4 is 5.32 Å². The molecule has 3 N–H and O–H groups in total. The first-order valence-corrected chi connectivity index (χ1v) is 6.66. The van der Waals surface area contributed by atoms with Gasteiger partial charge >= 0.3 is 0 Å².